The highest BCUT2D eigenvalue weighted by atomic mass is 16.5. The molecule has 19 heavy (non-hydrogen) atoms. The van der Waals surface area contributed by atoms with E-state index in [2.05, 4.69) is 6.07 Å². The van der Waals surface area contributed by atoms with Crippen molar-refractivity contribution in [2.45, 2.75) is 26.8 Å². The fourth-order valence-electron chi connectivity index (χ4n) is 2.14. The zero-order valence-corrected chi connectivity index (χ0v) is 12.1. The van der Waals surface area contributed by atoms with Crippen LogP contribution in [-0.4, -0.2) is 36.7 Å². The lowest BCUT2D eigenvalue weighted by Gasteiger charge is -2.21. The Labute approximate surface area is 115 Å². The molecule has 106 valence electrons. The summed E-state index contributed by atoms with van der Waals surface area (Å²) in [6, 6.07) is 6.04. The predicted octanol–water partition coefficient (Wildman–Crippen LogP) is 2.55. The quantitative estimate of drug-likeness (QED) is 0.823. The first kappa shape index (κ1) is 15.5. The molecule has 0 bridgehead atoms. The second-order valence-corrected chi connectivity index (χ2v) is 4.96. The van der Waals surface area contributed by atoms with Gasteiger partial charge >= 0.3 is 5.97 Å². The van der Waals surface area contributed by atoms with E-state index in [1.165, 1.54) is 5.56 Å². The number of carboxylic acid groups (broad SMARTS) is 1. The number of hydrogen-bond acceptors (Lipinski definition) is 3. The Hall–Kier alpha value is -1.55. The number of carboxylic acids is 1. The zero-order valence-electron chi connectivity index (χ0n) is 12.1. The van der Waals surface area contributed by atoms with Crippen LogP contribution in [0.3, 0.4) is 0 Å². The maximum atomic E-state index is 11.0. The number of benzene rings is 1. The van der Waals surface area contributed by atoms with E-state index in [0.29, 0.717) is 19.5 Å². The summed E-state index contributed by atoms with van der Waals surface area (Å²) in [6.45, 7) is 5.17. The molecule has 1 unspecified atom stereocenters. The van der Waals surface area contributed by atoms with Gasteiger partial charge in [-0.05, 0) is 26.5 Å². The van der Waals surface area contributed by atoms with Gasteiger partial charge < -0.3 is 14.7 Å². The molecule has 0 heterocycles. The Morgan fingerprint density at radius 3 is 2.68 bits per heavy atom. The van der Waals surface area contributed by atoms with Crippen molar-refractivity contribution in [1.29, 1.82) is 0 Å². The van der Waals surface area contributed by atoms with Crippen LogP contribution < -0.4 is 4.74 Å². The van der Waals surface area contributed by atoms with Gasteiger partial charge in [0.05, 0.1) is 13.0 Å². The van der Waals surface area contributed by atoms with Gasteiger partial charge in [0.25, 0.3) is 0 Å². The zero-order chi connectivity index (χ0) is 14.4. The molecule has 0 spiro atoms. The molecular formula is C15H23NO3. The third kappa shape index (κ3) is 4.56. The minimum absolute atomic E-state index is 0.319. The second-order valence-electron chi connectivity index (χ2n) is 4.96. The number of methoxy groups -OCH3 is 1. The molecule has 1 N–H and O–H groups in total. The molecule has 4 nitrogen and oxygen atoms in total. The summed E-state index contributed by atoms with van der Waals surface area (Å²) in [7, 11) is 3.59. The lowest BCUT2D eigenvalue weighted by Crippen LogP contribution is -2.29. The molecule has 0 saturated carbocycles. The van der Waals surface area contributed by atoms with E-state index in [1.807, 2.05) is 37.9 Å². The molecule has 1 atom stereocenters. The maximum Gasteiger partial charge on any atom is 0.307 e. The van der Waals surface area contributed by atoms with Crippen LogP contribution >= 0.6 is 0 Å². The van der Waals surface area contributed by atoms with E-state index in [0.717, 1.165) is 11.3 Å². The average molecular weight is 265 g/mol. The Morgan fingerprint density at radius 1 is 1.47 bits per heavy atom. The molecular weight excluding hydrogens is 242 g/mol. The molecule has 0 saturated heterocycles. The van der Waals surface area contributed by atoms with Crippen LogP contribution in [0.15, 0.2) is 18.2 Å². The van der Waals surface area contributed by atoms with E-state index < -0.39 is 5.97 Å². The first-order valence-corrected chi connectivity index (χ1v) is 6.52. The van der Waals surface area contributed by atoms with Crippen molar-refractivity contribution in [3.8, 4) is 5.75 Å². The van der Waals surface area contributed by atoms with Crippen LogP contribution in [0.2, 0.25) is 0 Å². The minimum atomic E-state index is -0.731. The van der Waals surface area contributed by atoms with E-state index in [1.54, 1.807) is 7.11 Å². The van der Waals surface area contributed by atoms with Gasteiger partial charge in [-0.15, -0.1) is 0 Å². The summed E-state index contributed by atoms with van der Waals surface area (Å²) in [5, 5.41) is 9.08. The smallest absolute Gasteiger partial charge is 0.307 e. The number of ether oxygens (including phenoxy) is 1. The predicted molar refractivity (Wildman–Crippen MR) is 75.5 cm³/mol. The average Bonchev–Trinajstić information content (AvgIpc) is 2.35. The van der Waals surface area contributed by atoms with Crippen LogP contribution in [0.4, 0.5) is 0 Å². The first-order chi connectivity index (χ1) is 8.97. The van der Waals surface area contributed by atoms with Gasteiger partial charge in [-0.1, -0.05) is 24.6 Å². The van der Waals surface area contributed by atoms with E-state index >= 15 is 0 Å². The number of aryl methyl sites for hydroxylation is 1. The molecule has 0 aliphatic carbocycles. The summed E-state index contributed by atoms with van der Waals surface area (Å²) in [4.78, 5) is 13.1. The third-order valence-electron chi connectivity index (χ3n) is 3.25. The highest BCUT2D eigenvalue weighted by Gasteiger charge is 2.18. The molecule has 1 rings (SSSR count). The second kappa shape index (κ2) is 7.14. The number of carbonyl (C=O) groups is 1. The molecule has 0 aliphatic rings. The lowest BCUT2D eigenvalue weighted by atomic mass is 10.1. The molecule has 1 aromatic rings. The Balaban J connectivity index is 2.73. The third-order valence-corrected chi connectivity index (χ3v) is 3.25. The Bertz CT molecular complexity index is 431. The van der Waals surface area contributed by atoms with Crippen molar-refractivity contribution in [3.63, 3.8) is 0 Å². The normalized spacial score (nSPS) is 12.5. The van der Waals surface area contributed by atoms with Gasteiger partial charge in [0.1, 0.15) is 5.75 Å². The van der Waals surface area contributed by atoms with Crippen molar-refractivity contribution in [3.05, 3.63) is 29.3 Å². The van der Waals surface area contributed by atoms with Gasteiger partial charge in [0, 0.05) is 18.7 Å². The van der Waals surface area contributed by atoms with Crippen LogP contribution in [-0.2, 0) is 11.3 Å². The largest absolute Gasteiger partial charge is 0.496 e. The number of hydrogen-bond donors (Lipinski definition) is 1. The Morgan fingerprint density at radius 2 is 2.16 bits per heavy atom. The summed E-state index contributed by atoms with van der Waals surface area (Å²) >= 11 is 0. The summed E-state index contributed by atoms with van der Waals surface area (Å²) < 4.78 is 5.34. The fourth-order valence-corrected chi connectivity index (χ4v) is 2.14. The molecule has 0 amide bonds. The lowest BCUT2D eigenvalue weighted by molar-refractivity contribution is -0.142. The molecule has 1 aromatic carbocycles. The topological polar surface area (TPSA) is 49.8 Å². The van der Waals surface area contributed by atoms with E-state index in [9.17, 15) is 4.79 Å². The van der Waals surface area contributed by atoms with Gasteiger partial charge in [-0.3, -0.25) is 4.79 Å². The first-order valence-electron chi connectivity index (χ1n) is 6.52. The van der Waals surface area contributed by atoms with Gasteiger partial charge in [0.15, 0.2) is 0 Å². The van der Waals surface area contributed by atoms with Crippen molar-refractivity contribution in [2.75, 3.05) is 20.7 Å². The summed E-state index contributed by atoms with van der Waals surface area (Å²) in [5.41, 5.74) is 2.26. The molecule has 4 heteroatoms. The maximum absolute atomic E-state index is 11.0. The molecule has 0 aliphatic heterocycles. The van der Waals surface area contributed by atoms with E-state index in [-0.39, 0.29) is 5.92 Å². The van der Waals surface area contributed by atoms with Crippen LogP contribution in [0.1, 0.15) is 24.5 Å². The monoisotopic (exact) mass is 265 g/mol. The number of nitrogens with zero attached hydrogens (tertiary/aromatic N) is 1. The highest BCUT2D eigenvalue weighted by Crippen LogP contribution is 2.21. The molecule has 0 aromatic heterocycles. The SMILES string of the molecule is CCC(CN(C)Cc1cc(C)ccc1OC)C(=O)O. The van der Waals surface area contributed by atoms with Crippen molar-refractivity contribution in [1.82, 2.24) is 4.90 Å². The number of aliphatic carboxylic acids is 1. The van der Waals surface area contributed by atoms with Crippen molar-refractivity contribution < 1.29 is 14.6 Å². The van der Waals surface area contributed by atoms with Gasteiger partial charge in [-0.25, -0.2) is 0 Å². The standard InChI is InChI=1S/C15H23NO3/c1-5-12(15(17)18)9-16(3)10-13-8-11(2)6-7-14(13)19-4/h6-8,12H,5,9-10H2,1-4H3,(H,17,18). The van der Waals surface area contributed by atoms with Crippen molar-refractivity contribution >= 4 is 5.97 Å². The fraction of sp³-hybridized carbons (Fsp3) is 0.533. The molecule has 0 fully saturated rings. The minimum Gasteiger partial charge on any atom is -0.496 e. The highest BCUT2D eigenvalue weighted by molar-refractivity contribution is 5.70. The number of rotatable bonds is 7. The van der Waals surface area contributed by atoms with Gasteiger partial charge in [-0.2, -0.15) is 0 Å². The van der Waals surface area contributed by atoms with Gasteiger partial charge in [0.2, 0.25) is 0 Å². The van der Waals surface area contributed by atoms with Crippen LogP contribution in [0.5, 0.6) is 5.75 Å². The molecule has 0 radical (unpaired) electrons. The van der Waals surface area contributed by atoms with Crippen molar-refractivity contribution in [2.24, 2.45) is 5.92 Å². The van der Waals surface area contributed by atoms with E-state index in [4.69, 9.17) is 9.84 Å². The summed E-state index contributed by atoms with van der Waals surface area (Å²) in [6.07, 6.45) is 0.643. The summed E-state index contributed by atoms with van der Waals surface area (Å²) in [5.74, 6) is -0.202. The van der Waals surface area contributed by atoms with Crippen LogP contribution in [0.25, 0.3) is 0 Å². The Kier molecular flexibility index (Phi) is 5.83. The van der Waals surface area contributed by atoms with Crippen LogP contribution in [0, 0.1) is 12.8 Å².